The average Bonchev–Trinajstić information content (AvgIpc) is 2.57. The predicted octanol–water partition coefficient (Wildman–Crippen LogP) is 2.19. The van der Waals surface area contributed by atoms with E-state index < -0.39 is 0 Å². The Kier molecular flexibility index (Phi) is 7.43. The number of aliphatic hydroxyl groups is 1. The molecule has 0 atom stereocenters. The third-order valence-corrected chi connectivity index (χ3v) is 4.94. The van der Waals surface area contributed by atoms with Crippen molar-refractivity contribution in [3.8, 4) is 5.75 Å². The van der Waals surface area contributed by atoms with E-state index in [0.29, 0.717) is 13.1 Å². The van der Waals surface area contributed by atoms with Crippen molar-refractivity contribution < 1.29 is 15.0 Å². The van der Waals surface area contributed by atoms with E-state index in [1.807, 2.05) is 0 Å². The van der Waals surface area contributed by atoms with Gasteiger partial charge in [0.15, 0.2) is 0 Å². The zero-order valence-corrected chi connectivity index (χ0v) is 16.5. The number of piperazine rings is 1. The van der Waals surface area contributed by atoms with Gasteiger partial charge in [-0.2, -0.15) is 0 Å². The van der Waals surface area contributed by atoms with Gasteiger partial charge in [0, 0.05) is 38.4 Å². The second kappa shape index (κ2) is 9.35. The SMILES string of the molecule is CC(C)c1cc(O)cc(C(C)C)c1NC(=O)CN1CCN(CCO)CC1. The number of β-amino-alcohol motifs (C(OH)–C–C–N with tert-alkyl or cyclic N) is 1. The van der Waals surface area contributed by atoms with Crippen LogP contribution in [-0.2, 0) is 4.79 Å². The van der Waals surface area contributed by atoms with Crippen LogP contribution in [0.1, 0.15) is 50.7 Å². The summed E-state index contributed by atoms with van der Waals surface area (Å²) in [6, 6.07) is 3.50. The minimum Gasteiger partial charge on any atom is -0.508 e. The van der Waals surface area contributed by atoms with Crippen molar-refractivity contribution in [2.45, 2.75) is 39.5 Å². The molecule has 0 aliphatic carbocycles. The lowest BCUT2D eigenvalue weighted by molar-refractivity contribution is -0.117. The molecular weight excluding hydrogens is 330 g/mol. The number of carbonyl (C=O) groups excluding carboxylic acids is 1. The topological polar surface area (TPSA) is 76.0 Å². The van der Waals surface area contributed by atoms with E-state index in [1.165, 1.54) is 0 Å². The predicted molar refractivity (Wildman–Crippen MR) is 105 cm³/mol. The largest absolute Gasteiger partial charge is 0.508 e. The lowest BCUT2D eigenvalue weighted by Crippen LogP contribution is -2.49. The van der Waals surface area contributed by atoms with E-state index in [1.54, 1.807) is 12.1 Å². The summed E-state index contributed by atoms with van der Waals surface area (Å²) in [5, 5.41) is 22.2. The smallest absolute Gasteiger partial charge is 0.238 e. The van der Waals surface area contributed by atoms with Crippen molar-refractivity contribution >= 4 is 11.6 Å². The van der Waals surface area contributed by atoms with Crippen LogP contribution in [-0.4, -0.2) is 71.8 Å². The maximum absolute atomic E-state index is 12.7. The number of hydrogen-bond donors (Lipinski definition) is 3. The van der Waals surface area contributed by atoms with Gasteiger partial charge in [0.1, 0.15) is 5.75 Å². The van der Waals surface area contributed by atoms with E-state index in [9.17, 15) is 9.90 Å². The van der Waals surface area contributed by atoms with Gasteiger partial charge in [0.2, 0.25) is 5.91 Å². The molecule has 26 heavy (non-hydrogen) atoms. The van der Waals surface area contributed by atoms with Gasteiger partial charge in [-0.25, -0.2) is 0 Å². The van der Waals surface area contributed by atoms with Crippen molar-refractivity contribution in [2.24, 2.45) is 0 Å². The molecular formula is C20H33N3O3. The second-order valence-corrected chi connectivity index (χ2v) is 7.70. The quantitative estimate of drug-likeness (QED) is 0.648. The number of rotatable bonds is 7. The molecule has 1 aromatic carbocycles. The zero-order chi connectivity index (χ0) is 19.3. The Labute approximate surface area is 156 Å². The molecule has 3 N–H and O–H groups in total. The standard InChI is InChI=1S/C20H33N3O3/c1-14(2)17-11-16(25)12-18(15(3)4)20(17)21-19(26)13-23-7-5-22(6-8-23)9-10-24/h11-12,14-15,24-25H,5-10,13H2,1-4H3,(H,21,26). The van der Waals surface area contributed by atoms with Crippen molar-refractivity contribution in [1.82, 2.24) is 9.80 Å². The summed E-state index contributed by atoms with van der Waals surface area (Å²) in [6.45, 7) is 12.9. The van der Waals surface area contributed by atoms with Gasteiger partial charge in [0.25, 0.3) is 0 Å². The number of anilines is 1. The lowest BCUT2D eigenvalue weighted by atomic mass is 9.92. The van der Waals surface area contributed by atoms with Crippen molar-refractivity contribution in [1.29, 1.82) is 0 Å². The van der Waals surface area contributed by atoms with Gasteiger partial charge in [-0.05, 0) is 35.1 Å². The van der Waals surface area contributed by atoms with Crippen molar-refractivity contribution in [3.05, 3.63) is 23.3 Å². The minimum absolute atomic E-state index is 0.0184. The van der Waals surface area contributed by atoms with E-state index >= 15 is 0 Å². The molecule has 0 bridgehead atoms. The van der Waals surface area contributed by atoms with E-state index in [0.717, 1.165) is 43.0 Å². The lowest BCUT2D eigenvalue weighted by Gasteiger charge is -2.34. The molecule has 0 spiro atoms. The molecule has 6 nitrogen and oxygen atoms in total. The summed E-state index contributed by atoms with van der Waals surface area (Å²) < 4.78 is 0. The summed E-state index contributed by atoms with van der Waals surface area (Å²) in [5.74, 6) is 0.638. The number of aromatic hydroxyl groups is 1. The fourth-order valence-electron chi connectivity index (χ4n) is 3.42. The van der Waals surface area contributed by atoms with Gasteiger partial charge < -0.3 is 15.5 Å². The van der Waals surface area contributed by atoms with Crippen LogP contribution in [0.25, 0.3) is 0 Å². The number of nitrogens with one attached hydrogen (secondary N) is 1. The number of aliphatic hydroxyl groups excluding tert-OH is 1. The fraction of sp³-hybridized carbons (Fsp3) is 0.650. The van der Waals surface area contributed by atoms with Crippen molar-refractivity contribution in [2.75, 3.05) is 51.2 Å². The van der Waals surface area contributed by atoms with Crippen LogP contribution >= 0.6 is 0 Å². The Bertz CT molecular complexity index is 579. The Morgan fingerprint density at radius 2 is 1.54 bits per heavy atom. The molecule has 1 aliphatic rings. The molecule has 1 aromatic rings. The van der Waals surface area contributed by atoms with Crippen LogP contribution in [0.3, 0.4) is 0 Å². The van der Waals surface area contributed by atoms with Gasteiger partial charge in [-0.1, -0.05) is 27.7 Å². The van der Waals surface area contributed by atoms with E-state index in [-0.39, 0.29) is 30.1 Å². The van der Waals surface area contributed by atoms with Crippen LogP contribution in [0.5, 0.6) is 5.75 Å². The monoisotopic (exact) mass is 363 g/mol. The molecule has 0 aromatic heterocycles. The summed E-state index contributed by atoms with van der Waals surface area (Å²) in [5.41, 5.74) is 2.78. The number of benzene rings is 1. The van der Waals surface area contributed by atoms with Crippen LogP contribution in [0.4, 0.5) is 5.69 Å². The Morgan fingerprint density at radius 3 is 2.00 bits per heavy atom. The van der Waals surface area contributed by atoms with E-state index in [2.05, 4.69) is 42.8 Å². The zero-order valence-electron chi connectivity index (χ0n) is 16.5. The number of phenolic OH excluding ortho intramolecular Hbond substituents is 1. The third kappa shape index (κ3) is 5.43. The van der Waals surface area contributed by atoms with E-state index in [4.69, 9.17) is 5.11 Å². The average molecular weight is 364 g/mol. The first-order valence-corrected chi connectivity index (χ1v) is 9.54. The molecule has 146 valence electrons. The first kappa shape index (κ1) is 20.7. The third-order valence-electron chi connectivity index (χ3n) is 4.94. The van der Waals surface area contributed by atoms with Crippen LogP contribution in [0.15, 0.2) is 12.1 Å². The molecule has 6 heteroatoms. The number of hydrogen-bond acceptors (Lipinski definition) is 5. The molecule has 0 unspecified atom stereocenters. The van der Waals surface area contributed by atoms with Gasteiger partial charge in [-0.15, -0.1) is 0 Å². The molecule has 2 rings (SSSR count). The molecule has 0 radical (unpaired) electrons. The normalized spacial score (nSPS) is 16.4. The molecule has 1 heterocycles. The van der Waals surface area contributed by atoms with Gasteiger partial charge in [0.05, 0.1) is 13.2 Å². The molecule has 1 amide bonds. The summed E-state index contributed by atoms with van der Waals surface area (Å²) in [6.07, 6.45) is 0. The highest BCUT2D eigenvalue weighted by atomic mass is 16.3. The van der Waals surface area contributed by atoms with Crippen molar-refractivity contribution in [3.63, 3.8) is 0 Å². The Morgan fingerprint density at radius 1 is 1.04 bits per heavy atom. The molecule has 1 saturated heterocycles. The second-order valence-electron chi connectivity index (χ2n) is 7.70. The highest BCUT2D eigenvalue weighted by Crippen LogP contribution is 2.36. The fourth-order valence-corrected chi connectivity index (χ4v) is 3.42. The number of carbonyl (C=O) groups is 1. The maximum Gasteiger partial charge on any atom is 0.238 e. The maximum atomic E-state index is 12.7. The first-order valence-electron chi connectivity index (χ1n) is 9.54. The first-order chi connectivity index (χ1) is 12.3. The van der Waals surface area contributed by atoms with Gasteiger partial charge in [-0.3, -0.25) is 14.6 Å². The summed E-state index contributed by atoms with van der Waals surface area (Å²) in [4.78, 5) is 17.0. The summed E-state index contributed by atoms with van der Waals surface area (Å²) in [7, 11) is 0. The molecule has 0 saturated carbocycles. The number of nitrogens with zero attached hydrogens (tertiary/aromatic N) is 2. The number of phenols is 1. The van der Waals surface area contributed by atoms with Crippen LogP contribution in [0, 0.1) is 0 Å². The Balaban J connectivity index is 2.07. The van der Waals surface area contributed by atoms with Crippen LogP contribution in [0.2, 0.25) is 0 Å². The molecule has 1 fully saturated rings. The minimum atomic E-state index is -0.0184. The van der Waals surface area contributed by atoms with Gasteiger partial charge >= 0.3 is 0 Å². The van der Waals surface area contributed by atoms with Crippen LogP contribution < -0.4 is 5.32 Å². The Hall–Kier alpha value is -1.63. The number of amides is 1. The summed E-state index contributed by atoms with van der Waals surface area (Å²) >= 11 is 0. The molecule has 1 aliphatic heterocycles. The highest BCUT2D eigenvalue weighted by Gasteiger charge is 2.21. The highest BCUT2D eigenvalue weighted by molar-refractivity contribution is 5.94.